The summed E-state index contributed by atoms with van der Waals surface area (Å²) in [6, 6.07) is 68.8. The number of anilines is 6. The number of nitrogens with zero attached hydrogens (tertiary/aromatic N) is 3. The van der Waals surface area contributed by atoms with Crippen LogP contribution in [0.15, 0.2) is 306 Å². The molecular weight excluding hydrogens is 1240 g/mol. The minimum Gasteiger partial charge on any atom is -0.456 e. The van der Waals surface area contributed by atoms with Crippen molar-refractivity contribution in [2.24, 2.45) is 0 Å². The first-order valence-electron chi connectivity index (χ1n) is 41.3. The van der Waals surface area contributed by atoms with Gasteiger partial charge in [0.15, 0.2) is 0 Å². The molecule has 102 heavy (non-hydrogen) atoms. The van der Waals surface area contributed by atoms with Crippen molar-refractivity contribution in [3.05, 3.63) is 314 Å². The van der Waals surface area contributed by atoms with E-state index >= 15 is 0 Å². The topological polar surface area (TPSA) is 37.7 Å². The summed E-state index contributed by atoms with van der Waals surface area (Å²) in [5, 5.41) is 3.51. The SMILES string of the molecule is [2H]c1c([2H])c([2H])c(-c2ccc3c(c2)B2c4ccc(-n5c6c([2H])c([2H])c([2H])c([2H])c6c6c([2H])c([2H])c([2H])c([2H])c65)cc4N(c4c(-c5ccccc5)cc(C(C)(C)C)cc4-c4cccc5oc6ccccc6c45)c4cc(C(C)(C)C)cc(c42)N3c2c(-c3ccccc3)cc(C(C)(C)C)cc2-c2cccc3oc4ccccc4c23)c([2H])c1[2H]. The predicted molar refractivity (Wildman–Crippen MR) is 433 cm³/mol. The Morgan fingerprint density at radius 1 is 0.314 bits per heavy atom. The first-order valence-corrected chi connectivity index (χ1v) is 34.8. The van der Waals surface area contributed by atoms with Crippen LogP contribution in [-0.2, 0) is 16.2 Å². The van der Waals surface area contributed by atoms with Crippen molar-refractivity contribution in [1.82, 2.24) is 4.57 Å². The van der Waals surface area contributed by atoms with Gasteiger partial charge in [-0.25, -0.2) is 0 Å². The van der Waals surface area contributed by atoms with Crippen LogP contribution in [-0.4, -0.2) is 11.3 Å². The maximum atomic E-state index is 9.92. The van der Waals surface area contributed by atoms with Crippen molar-refractivity contribution in [2.45, 2.75) is 78.6 Å². The maximum absolute atomic E-state index is 9.92. The standard InChI is InChI=1S/C96H76BN3O2/c1-94(2,3)63-52-73(60-31-15-11-16-32-60)92(75(54-63)69-39-27-45-87-89(69)71-37-21-25-43-85(71)101-87)99-81-50-47-62(59-29-13-10-14-30-59)51-78(81)97-77-49-48-66(98-79-41-23-19-35-67(79)68-36-20-24-42-80(68)98)58-82(77)100(84-57-65(96(7,8)9)56-83(99)91(84)97)93-74(61-33-17-12-18-34-61)53-64(95(4,5)6)55-76(93)70-40-28-46-88-90(70)72-38-22-26-44-86(72)102-88/h10-58H,1-9H3/i10D,13D,14D,19D,20D,23D,24D,29D,30D,35D,36D,41D,42D. The molecule has 0 aliphatic carbocycles. The molecule has 2 aliphatic rings. The maximum Gasteiger partial charge on any atom is 0.252 e. The van der Waals surface area contributed by atoms with Crippen LogP contribution in [0.25, 0.3) is 127 Å². The highest BCUT2D eigenvalue weighted by molar-refractivity contribution is 7.00. The number of furan rings is 2. The molecule has 19 rings (SSSR count). The Bertz CT molecular complexity index is 7000. The Kier molecular flexibility index (Phi) is 10.9. The second-order valence-electron chi connectivity index (χ2n) is 30.2. The lowest BCUT2D eigenvalue weighted by molar-refractivity contribution is 0.590. The van der Waals surface area contributed by atoms with Crippen molar-refractivity contribution in [3.63, 3.8) is 0 Å². The van der Waals surface area contributed by atoms with Gasteiger partial charge >= 0.3 is 0 Å². The zero-order valence-corrected chi connectivity index (χ0v) is 58.0. The smallest absolute Gasteiger partial charge is 0.252 e. The molecule has 0 unspecified atom stereocenters. The van der Waals surface area contributed by atoms with E-state index in [4.69, 9.17) is 12.9 Å². The number of rotatable bonds is 8. The molecule has 0 spiro atoms. The third-order valence-corrected chi connectivity index (χ3v) is 21.0. The van der Waals surface area contributed by atoms with Crippen LogP contribution < -0.4 is 26.2 Å². The van der Waals surface area contributed by atoms with E-state index < -0.39 is 89.4 Å². The van der Waals surface area contributed by atoms with Crippen LogP contribution in [0, 0.1) is 0 Å². The second-order valence-corrected chi connectivity index (χ2v) is 30.2. The minimum atomic E-state index is -0.805. The van der Waals surface area contributed by atoms with Gasteiger partial charge in [-0.1, -0.05) is 268 Å². The molecule has 17 aromatic rings. The molecule has 0 radical (unpaired) electrons. The molecule has 14 aromatic carbocycles. The fourth-order valence-corrected chi connectivity index (χ4v) is 16.0. The van der Waals surface area contributed by atoms with E-state index in [1.165, 1.54) is 0 Å². The van der Waals surface area contributed by atoms with Crippen LogP contribution in [0.5, 0.6) is 0 Å². The zero-order chi connectivity index (χ0) is 80.4. The number of benzene rings is 14. The predicted octanol–water partition coefficient (Wildman–Crippen LogP) is 24.9. The van der Waals surface area contributed by atoms with Crippen LogP contribution in [0.2, 0.25) is 0 Å². The van der Waals surface area contributed by atoms with Gasteiger partial charge in [-0.2, -0.15) is 0 Å². The second kappa shape index (κ2) is 22.8. The van der Waals surface area contributed by atoms with Crippen LogP contribution in [0.4, 0.5) is 34.1 Å². The van der Waals surface area contributed by atoms with Gasteiger partial charge < -0.3 is 23.2 Å². The Balaban J connectivity index is 1.05. The van der Waals surface area contributed by atoms with Gasteiger partial charge in [-0.05, 0) is 174 Å². The molecule has 490 valence electrons. The van der Waals surface area contributed by atoms with Crippen LogP contribution in [0.3, 0.4) is 0 Å². The van der Waals surface area contributed by atoms with Crippen molar-refractivity contribution < 1.29 is 26.7 Å². The third-order valence-electron chi connectivity index (χ3n) is 21.0. The highest BCUT2D eigenvalue weighted by Gasteiger charge is 2.47. The molecule has 3 aromatic heterocycles. The molecule has 0 bridgehead atoms. The van der Waals surface area contributed by atoms with Crippen molar-refractivity contribution in [2.75, 3.05) is 9.80 Å². The highest BCUT2D eigenvalue weighted by Crippen LogP contribution is 2.57. The third kappa shape index (κ3) is 9.59. The average Bonchev–Trinajstić information content (AvgIpc) is 1.14. The average molecular weight is 1330 g/mol. The first kappa shape index (κ1) is 48.8. The van der Waals surface area contributed by atoms with Gasteiger partial charge in [0.05, 0.1) is 40.2 Å². The van der Waals surface area contributed by atoms with Crippen molar-refractivity contribution in [1.29, 1.82) is 0 Å². The zero-order valence-electron chi connectivity index (χ0n) is 71.0. The van der Waals surface area contributed by atoms with Gasteiger partial charge in [0.2, 0.25) is 0 Å². The van der Waals surface area contributed by atoms with Gasteiger partial charge in [0.25, 0.3) is 6.71 Å². The molecule has 0 fully saturated rings. The monoisotopic (exact) mass is 1330 g/mol. The molecule has 0 atom stereocenters. The largest absolute Gasteiger partial charge is 0.456 e. The number of para-hydroxylation sites is 4. The molecule has 5 heterocycles. The normalized spacial score (nSPS) is 14.9. The lowest BCUT2D eigenvalue weighted by atomic mass is 9.33. The van der Waals surface area contributed by atoms with Gasteiger partial charge in [-0.15, -0.1) is 0 Å². The molecule has 0 amide bonds. The van der Waals surface area contributed by atoms with E-state index in [1.807, 2.05) is 115 Å². The summed E-state index contributed by atoms with van der Waals surface area (Å²) in [6.07, 6.45) is 0. The van der Waals surface area contributed by atoms with Gasteiger partial charge in [-0.3, -0.25) is 0 Å². The van der Waals surface area contributed by atoms with Gasteiger partial charge in [0.1, 0.15) is 22.3 Å². The fourth-order valence-electron chi connectivity index (χ4n) is 16.0. The van der Waals surface area contributed by atoms with Gasteiger partial charge in [0, 0.05) is 83.0 Å². The molecule has 5 nitrogen and oxygen atoms in total. The molecule has 2 aliphatic heterocycles. The van der Waals surface area contributed by atoms with Crippen molar-refractivity contribution >= 4 is 123 Å². The lowest BCUT2D eigenvalue weighted by Crippen LogP contribution is -2.61. The number of aromatic nitrogens is 1. The fraction of sp³-hybridized carbons (Fsp3) is 0.125. The van der Waals surface area contributed by atoms with E-state index in [-0.39, 0.29) is 39.5 Å². The number of hydrogen-bond donors (Lipinski definition) is 0. The Morgan fingerprint density at radius 3 is 1.28 bits per heavy atom. The number of fused-ring (bicyclic) bond motifs is 13. The summed E-state index contributed by atoms with van der Waals surface area (Å²) in [7, 11) is 0. The van der Waals surface area contributed by atoms with E-state index in [1.54, 1.807) is 4.57 Å². The van der Waals surface area contributed by atoms with Crippen LogP contribution in [0.1, 0.15) is 96.8 Å². The van der Waals surface area contributed by atoms with E-state index in [9.17, 15) is 13.7 Å². The summed E-state index contributed by atoms with van der Waals surface area (Å²) in [5.41, 5.74) is 18.7. The number of hydrogen-bond acceptors (Lipinski definition) is 4. The Labute approximate surface area is 614 Å². The molecule has 0 saturated carbocycles. The van der Waals surface area contributed by atoms with E-state index in [0.717, 1.165) is 122 Å². The minimum absolute atomic E-state index is 0.0127. The molecule has 0 saturated heterocycles. The molecule has 0 N–H and O–H groups in total. The molecular formula is C96H76BN3O2. The lowest BCUT2D eigenvalue weighted by Gasteiger charge is -2.47. The summed E-state index contributed by atoms with van der Waals surface area (Å²) in [4.78, 5) is 4.77. The summed E-state index contributed by atoms with van der Waals surface area (Å²) in [6.45, 7) is 19.2. The Morgan fingerprint density at radius 2 is 0.765 bits per heavy atom. The quantitative estimate of drug-likeness (QED) is 0.142. The summed E-state index contributed by atoms with van der Waals surface area (Å²) >= 11 is 0. The summed E-state index contributed by atoms with van der Waals surface area (Å²) < 4.78 is 138. The van der Waals surface area contributed by atoms with E-state index in [2.05, 4.69) is 175 Å². The Hall–Kier alpha value is -11.9. The first-order chi connectivity index (χ1) is 54.9. The highest BCUT2D eigenvalue weighted by atomic mass is 16.3. The van der Waals surface area contributed by atoms with Crippen LogP contribution >= 0.6 is 0 Å². The molecule has 6 heteroatoms. The van der Waals surface area contributed by atoms with E-state index in [0.29, 0.717) is 44.8 Å². The summed E-state index contributed by atoms with van der Waals surface area (Å²) in [5.74, 6) is 0. The van der Waals surface area contributed by atoms with Crippen molar-refractivity contribution in [3.8, 4) is 61.3 Å².